The number of hydrogen-bond donors (Lipinski definition) is 1. The molecule has 4 rings (SSSR count). The predicted molar refractivity (Wildman–Crippen MR) is 73.8 cm³/mol. The van der Waals surface area contributed by atoms with E-state index in [1.165, 1.54) is 12.7 Å². The van der Waals surface area contributed by atoms with Gasteiger partial charge in [0.15, 0.2) is 5.82 Å². The van der Waals surface area contributed by atoms with E-state index in [1.807, 2.05) is 6.07 Å². The van der Waals surface area contributed by atoms with Crippen molar-refractivity contribution in [3.63, 3.8) is 0 Å². The average molecular weight is 285 g/mol. The van der Waals surface area contributed by atoms with Crippen LogP contribution in [0.3, 0.4) is 0 Å². The van der Waals surface area contributed by atoms with Gasteiger partial charge in [0.1, 0.15) is 24.8 Å². The number of anilines is 1. The van der Waals surface area contributed by atoms with Gasteiger partial charge in [-0.25, -0.2) is 19.6 Å². The molecule has 1 saturated heterocycles. The van der Waals surface area contributed by atoms with E-state index in [0.29, 0.717) is 24.9 Å². The summed E-state index contributed by atoms with van der Waals surface area (Å²) in [5.41, 5.74) is 0. The molecule has 1 aliphatic carbocycles. The van der Waals surface area contributed by atoms with Crippen LogP contribution in [0.4, 0.5) is 5.82 Å². The lowest BCUT2D eigenvalue weighted by Gasteiger charge is -2.39. The molecule has 0 radical (unpaired) electrons. The van der Waals surface area contributed by atoms with Crippen LogP contribution in [0.2, 0.25) is 0 Å². The normalized spacial score (nSPS) is 18.4. The van der Waals surface area contributed by atoms with Crippen molar-refractivity contribution in [1.82, 2.24) is 30.0 Å². The molecule has 0 atom stereocenters. The monoisotopic (exact) mass is 285 g/mol. The Morgan fingerprint density at radius 3 is 2.71 bits per heavy atom. The second-order valence-electron chi connectivity index (χ2n) is 5.46. The van der Waals surface area contributed by atoms with E-state index < -0.39 is 0 Å². The summed E-state index contributed by atoms with van der Waals surface area (Å²) in [5.74, 6) is 1.71. The summed E-state index contributed by atoms with van der Waals surface area (Å²) in [6.07, 6.45) is 6.80. The van der Waals surface area contributed by atoms with Gasteiger partial charge in [0, 0.05) is 25.2 Å². The summed E-state index contributed by atoms with van der Waals surface area (Å²) < 4.78 is 1.59. The molecule has 2 fully saturated rings. The molecule has 3 heterocycles. The summed E-state index contributed by atoms with van der Waals surface area (Å²) in [4.78, 5) is 26.3. The van der Waals surface area contributed by atoms with Gasteiger partial charge in [0.2, 0.25) is 5.91 Å². The SMILES string of the molecule is O=C(NC1CC1)C1CN(c2cc(-n3cncn3)ncn2)C1. The van der Waals surface area contributed by atoms with Crippen LogP contribution in [0.5, 0.6) is 0 Å². The van der Waals surface area contributed by atoms with Crippen LogP contribution in [-0.4, -0.2) is 49.8 Å². The molecule has 8 nitrogen and oxygen atoms in total. The second kappa shape index (κ2) is 4.80. The highest BCUT2D eigenvalue weighted by molar-refractivity contribution is 5.82. The lowest BCUT2D eigenvalue weighted by molar-refractivity contribution is -0.125. The Morgan fingerprint density at radius 1 is 1.19 bits per heavy atom. The number of rotatable bonds is 4. The van der Waals surface area contributed by atoms with E-state index in [1.54, 1.807) is 11.0 Å². The molecule has 1 aliphatic heterocycles. The largest absolute Gasteiger partial charge is 0.355 e. The maximum Gasteiger partial charge on any atom is 0.226 e. The fraction of sp³-hybridized carbons (Fsp3) is 0.462. The molecule has 0 unspecified atom stereocenters. The van der Waals surface area contributed by atoms with E-state index in [2.05, 4.69) is 30.3 Å². The second-order valence-corrected chi connectivity index (χ2v) is 5.46. The maximum atomic E-state index is 11.9. The van der Waals surface area contributed by atoms with Crippen LogP contribution in [0.25, 0.3) is 5.82 Å². The van der Waals surface area contributed by atoms with Crippen molar-refractivity contribution in [3.05, 3.63) is 25.0 Å². The first-order chi connectivity index (χ1) is 10.3. The Bertz CT molecular complexity index is 646. The number of carbonyl (C=O) groups excluding carboxylic acids is 1. The van der Waals surface area contributed by atoms with Gasteiger partial charge in [-0.2, -0.15) is 5.10 Å². The topological polar surface area (TPSA) is 88.8 Å². The first kappa shape index (κ1) is 12.2. The van der Waals surface area contributed by atoms with Gasteiger partial charge in [0.05, 0.1) is 5.92 Å². The fourth-order valence-electron chi connectivity index (χ4n) is 2.34. The van der Waals surface area contributed by atoms with Gasteiger partial charge in [-0.3, -0.25) is 4.79 Å². The van der Waals surface area contributed by atoms with Gasteiger partial charge >= 0.3 is 0 Å². The van der Waals surface area contributed by atoms with Gasteiger partial charge in [-0.15, -0.1) is 0 Å². The molecule has 1 amide bonds. The molecule has 0 spiro atoms. The molecular formula is C13H15N7O. The zero-order valence-electron chi connectivity index (χ0n) is 11.4. The predicted octanol–water partition coefficient (Wildman–Crippen LogP) is -0.228. The van der Waals surface area contributed by atoms with E-state index >= 15 is 0 Å². The Kier molecular flexibility index (Phi) is 2.80. The van der Waals surface area contributed by atoms with Crippen LogP contribution >= 0.6 is 0 Å². The fourth-order valence-corrected chi connectivity index (χ4v) is 2.34. The molecule has 21 heavy (non-hydrogen) atoms. The van der Waals surface area contributed by atoms with Crippen LogP contribution in [0.15, 0.2) is 25.0 Å². The number of carbonyl (C=O) groups is 1. The summed E-state index contributed by atoms with van der Waals surface area (Å²) >= 11 is 0. The lowest BCUT2D eigenvalue weighted by atomic mass is 9.99. The van der Waals surface area contributed by atoms with Crippen LogP contribution < -0.4 is 10.2 Å². The quantitative estimate of drug-likeness (QED) is 0.835. The van der Waals surface area contributed by atoms with E-state index in [4.69, 9.17) is 0 Å². The van der Waals surface area contributed by atoms with Crippen molar-refractivity contribution in [2.75, 3.05) is 18.0 Å². The van der Waals surface area contributed by atoms with Gasteiger partial charge < -0.3 is 10.2 Å². The number of nitrogens with one attached hydrogen (secondary N) is 1. The van der Waals surface area contributed by atoms with Crippen molar-refractivity contribution in [3.8, 4) is 5.82 Å². The molecular weight excluding hydrogens is 270 g/mol. The van der Waals surface area contributed by atoms with E-state index in [0.717, 1.165) is 18.7 Å². The highest BCUT2D eigenvalue weighted by Crippen LogP contribution is 2.25. The molecule has 1 saturated carbocycles. The molecule has 2 aromatic heterocycles. The summed E-state index contributed by atoms with van der Waals surface area (Å²) in [5, 5.41) is 7.09. The molecule has 0 bridgehead atoms. The third-order valence-corrected chi connectivity index (χ3v) is 3.79. The molecule has 2 aromatic rings. The smallest absolute Gasteiger partial charge is 0.226 e. The average Bonchev–Trinajstić information content (AvgIpc) is 3.07. The minimum Gasteiger partial charge on any atom is -0.355 e. The third kappa shape index (κ3) is 2.44. The summed E-state index contributed by atoms with van der Waals surface area (Å²) in [6, 6.07) is 2.27. The highest BCUT2D eigenvalue weighted by atomic mass is 16.2. The van der Waals surface area contributed by atoms with Crippen molar-refractivity contribution in [1.29, 1.82) is 0 Å². The summed E-state index contributed by atoms with van der Waals surface area (Å²) in [7, 11) is 0. The molecule has 0 aromatic carbocycles. The standard InChI is InChI=1S/C13H15N7O/c21-13(18-10-1-2-10)9-4-19(5-9)11-3-12(16-7-15-11)20-8-14-6-17-20/h3,6-10H,1-2,4-5H2,(H,18,21). The molecule has 8 heteroatoms. The Labute approximate surface area is 121 Å². The molecule has 2 aliphatic rings. The first-order valence-corrected chi connectivity index (χ1v) is 7.02. The zero-order valence-corrected chi connectivity index (χ0v) is 11.4. The third-order valence-electron chi connectivity index (χ3n) is 3.79. The van der Waals surface area contributed by atoms with Crippen LogP contribution in [0, 0.1) is 5.92 Å². The number of nitrogens with zero attached hydrogens (tertiary/aromatic N) is 6. The van der Waals surface area contributed by atoms with Gasteiger partial charge in [0.25, 0.3) is 0 Å². The zero-order chi connectivity index (χ0) is 14.2. The highest BCUT2D eigenvalue weighted by Gasteiger charge is 2.36. The number of aromatic nitrogens is 5. The summed E-state index contributed by atoms with van der Waals surface area (Å²) in [6.45, 7) is 1.40. The van der Waals surface area contributed by atoms with E-state index in [-0.39, 0.29) is 11.8 Å². The van der Waals surface area contributed by atoms with Crippen molar-refractivity contribution in [2.45, 2.75) is 18.9 Å². The number of amides is 1. The Morgan fingerprint density at radius 2 is 2.00 bits per heavy atom. The minimum absolute atomic E-state index is 0.0652. The molecule has 1 N–H and O–H groups in total. The van der Waals surface area contributed by atoms with Crippen molar-refractivity contribution < 1.29 is 4.79 Å². The van der Waals surface area contributed by atoms with Crippen LogP contribution in [-0.2, 0) is 4.79 Å². The Balaban J connectivity index is 1.41. The number of hydrogen-bond acceptors (Lipinski definition) is 6. The lowest BCUT2D eigenvalue weighted by Crippen LogP contribution is -2.54. The van der Waals surface area contributed by atoms with Gasteiger partial charge in [-0.1, -0.05) is 0 Å². The van der Waals surface area contributed by atoms with Crippen molar-refractivity contribution >= 4 is 11.7 Å². The maximum absolute atomic E-state index is 11.9. The Hall–Kier alpha value is -2.51. The first-order valence-electron chi connectivity index (χ1n) is 7.02. The van der Waals surface area contributed by atoms with E-state index in [9.17, 15) is 4.79 Å². The van der Waals surface area contributed by atoms with Gasteiger partial charge in [-0.05, 0) is 12.8 Å². The van der Waals surface area contributed by atoms with Crippen molar-refractivity contribution in [2.24, 2.45) is 5.92 Å². The molecule has 108 valence electrons. The van der Waals surface area contributed by atoms with Crippen LogP contribution in [0.1, 0.15) is 12.8 Å². The minimum atomic E-state index is 0.0652.